The number of carbonyl (C=O) groups excluding carboxylic acids is 2. The summed E-state index contributed by atoms with van der Waals surface area (Å²) in [5.74, 6) is 0.755. The fourth-order valence-corrected chi connectivity index (χ4v) is 3.56. The summed E-state index contributed by atoms with van der Waals surface area (Å²) in [6.07, 6.45) is 2.07. The van der Waals surface area contributed by atoms with E-state index in [1.807, 2.05) is 32.0 Å². The predicted octanol–water partition coefficient (Wildman–Crippen LogP) is 3.82. The molecule has 31 heavy (non-hydrogen) atoms. The lowest BCUT2D eigenvalue weighted by molar-refractivity contribution is -0.141. The van der Waals surface area contributed by atoms with Crippen molar-refractivity contribution in [3.05, 3.63) is 59.4 Å². The van der Waals surface area contributed by atoms with Crippen molar-refractivity contribution in [2.45, 2.75) is 52.1 Å². The molecule has 2 aromatic rings. The molecule has 1 heterocycles. The van der Waals surface area contributed by atoms with E-state index in [4.69, 9.17) is 9.47 Å². The minimum Gasteiger partial charge on any atom is -0.454 e. The number of ether oxygens (including phenoxy) is 2. The quantitative estimate of drug-likeness (QED) is 0.625. The van der Waals surface area contributed by atoms with Crippen molar-refractivity contribution in [3.8, 4) is 11.5 Å². The second kappa shape index (κ2) is 10.8. The lowest BCUT2D eigenvalue weighted by atomic mass is 10.1. The van der Waals surface area contributed by atoms with Gasteiger partial charge in [-0.05, 0) is 54.7 Å². The van der Waals surface area contributed by atoms with E-state index in [9.17, 15) is 14.0 Å². The average Bonchev–Trinajstić information content (AvgIpc) is 3.25. The first-order chi connectivity index (χ1) is 15.0. The van der Waals surface area contributed by atoms with Gasteiger partial charge in [-0.25, -0.2) is 4.39 Å². The van der Waals surface area contributed by atoms with E-state index in [1.54, 1.807) is 17.0 Å². The highest BCUT2D eigenvalue weighted by Crippen LogP contribution is 2.32. The molecule has 1 aliphatic rings. The molecule has 1 N–H and O–H groups in total. The Kier molecular flexibility index (Phi) is 7.87. The van der Waals surface area contributed by atoms with Gasteiger partial charge in [-0.15, -0.1) is 0 Å². The molecule has 2 aromatic carbocycles. The number of amides is 2. The number of fused-ring (bicyclic) bond motifs is 1. The Morgan fingerprint density at radius 1 is 1.06 bits per heavy atom. The second-order valence-corrected chi connectivity index (χ2v) is 7.55. The standard InChI is InChI=1S/C24H29FN2O4/c1-3-13-26-24(29)20(4-2)27(15-18-5-9-19(25)10-6-18)23(28)12-8-17-7-11-21-22(14-17)31-16-30-21/h5-7,9-11,14,20H,3-4,8,12-13,15-16H2,1-2H3,(H,26,29)/t20-/m0/s1. The van der Waals surface area contributed by atoms with E-state index < -0.39 is 6.04 Å². The van der Waals surface area contributed by atoms with Gasteiger partial charge in [-0.2, -0.15) is 0 Å². The average molecular weight is 429 g/mol. The lowest BCUT2D eigenvalue weighted by Crippen LogP contribution is -2.49. The van der Waals surface area contributed by atoms with Crippen molar-refractivity contribution in [2.75, 3.05) is 13.3 Å². The summed E-state index contributed by atoms with van der Waals surface area (Å²) in [6, 6.07) is 11.1. The fourth-order valence-electron chi connectivity index (χ4n) is 3.56. The summed E-state index contributed by atoms with van der Waals surface area (Å²) in [6.45, 7) is 4.88. The van der Waals surface area contributed by atoms with E-state index in [0.717, 1.165) is 17.5 Å². The van der Waals surface area contributed by atoms with Crippen LogP contribution >= 0.6 is 0 Å². The van der Waals surface area contributed by atoms with Crippen LogP contribution in [-0.2, 0) is 22.6 Å². The van der Waals surface area contributed by atoms with E-state index in [1.165, 1.54) is 12.1 Å². The monoisotopic (exact) mass is 428 g/mol. The first-order valence-corrected chi connectivity index (χ1v) is 10.7. The van der Waals surface area contributed by atoms with Crippen LogP contribution < -0.4 is 14.8 Å². The smallest absolute Gasteiger partial charge is 0.242 e. The molecule has 0 radical (unpaired) electrons. The van der Waals surface area contributed by atoms with Crippen LogP contribution in [0.3, 0.4) is 0 Å². The van der Waals surface area contributed by atoms with Gasteiger partial charge < -0.3 is 19.7 Å². The summed E-state index contributed by atoms with van der Waals surface area (Å²) in [4.78, 5) is 27.5. The van der Waals surface area contributed by atoms with Crippen LogP contribution in [0.5, 0.6) is 11.5 Å². The number of hydrogen-bond acceptors (Lipinski definition) is 4. The summed E-state index contributed by atoms with van der Waals surface area (Å²) < 4.78 is 24.0. The first kappa shape index (κ1) is 22.6. The first-order valence-electron chi connectivity index (χ1n) is 10.7. The van der Waals surface area contributed by atoms with Crippen LogP contribution in [0, 0.1) is 5.82 Å². The Bertz CT molecular complexity index is 901. The van der Waals surface area contributed by atoms with Crippen LogP contribution in [0.25, 0.3) is 0 Å². The van der Waals surface area contributed by atoms with Gasteiger partial charge in [0, 0.05) is 19.5 Å². The lowest BCUT2D eigenvalue weighted by Gasteiger charge is -2.30. The topological polar surface area (TPSA) is 67.9 Å². The number of hydrogen-bond donors (Lipinski definition) is 1. The molecule has 1 atom stereocenters. The van der Waals surface area contributed by atoms with Crippen molar-refractivity contribution in [3.63, 3.8) is 0 Å². The Morgan fingerprint density at radius 3 is 2.48 bits per heavy atom. The second-order valence-electron chi connectivity index (χ2n) is 7.55. The number of nitrogens with zero attached hydrogens (tertiary/aromatic N) is 1. The molecule has 0 aromatic heterocycles. The highest BCUT2D eigenvalue weighted by molar-refractivity contribution is 5.87. The summed E-state index contributed by atoms with van der Waals surface area (Å²) >= 11 is 0. The summed E-state index contributed by atoms with van der Waals surface area (Å²) in [7, 11) is 0. The molecule has 7 heteroatoms. The Labute approximate surface area is 182 Å². The zero-order chi connectivity index (χ0) is 22.2. The Balaban J connectivity index is 1.73. The summed E-state index contributed by atoms with van der Waals surface area (Å²) in [5.41, 5.74) is 1.74. The maximum Gasteiger partial charge on any atom is 0.242 e. The van der Waals surface area contributed by atoms with Gasteiger partial charge in [0.05, 0.1) is 0 Å². The van der Waals surface area contributed by atoms with E-state index >= 15 is 0 Å². The third-order valence-corrected chi connectivity index (χ3v) is 5.27. The molecule has 0 saturated carbocycles. The number of benzene rings is 2. The molecule has 2 amide bonds. The molecular formula is C24H29FN2O4. The molecule has 0 spiro atoms. The fraction of sp³-hybridized carbons (Fsp3) is 0.417. The largest absolute Gasteiger partial charge is 0.454 e. The number of nitrogens with one attached hydrogen (secondary N) is 1. The molecule has 166 valence electrons. The maximum absolute atomic E-state index is 13.3. The van der Waals surface area contributed by atoms with Crippen molar-refractivity contribution in [1.82, 2.24) is 10.2 Å². The van der Waals surface area contributed by atoms with Crippen molar-refractivity contribution in [1.29, 1.82) is 0 Å². The van der Waals surface area contributed by atoms with E-state index in [2.05, 4.69) is 5.32 Å². The Morgan fingerprint density at radius 2 is 1.77 bits per heavy atom. The normalized spacial score (nSPS) is 13.0. The van der Waals surface area contributed by atoms with Crippen molar-refractivity contribution >= 4 is 11.8 Å². The van der Waals surface area contributed by atoms with E-state index in [-0.39, 0.29) is 37.4 Å². The SMILES string of the molecule is CCCNC(=O)[C@H](CC)N(Cc1ccc(F)cc1)C(=O)CCc1ccc2c(c1)OCO2. The highest BCUT2D eigenvalue weighted by atomic mass is 19.1. The number of aryl methyl sites for hydroxylation is 1. The van der Waals surface area contributed by atoms with Gasteiger partial charge in [0.1, 0.15) is 11.9 Å². The predicted molar refractivity (Wildman–Crippen MR) is 115 cm³/mol. The van der Waals surface area contributed by atoms with Crippen LogP contribution in [0.4, 0.5) is 4.39 Å². The van der Waals surface area contributed by atoms with E-state index in [0.29, 0.717) is 30.9 Å². The number of rotatable bonds is 10. The van der Waals surface area contributed by atoms with Gasteiger partial charge in [0.2, 0.25) is 18.6 Å². The van der Waals surface area contributed by atoms with Gasteiger partial charge in [-0.1, -0.05) is 32.0 Å². The van der Waals surface area contributed by atoms with Gasteiger partial charge in [-0.3, -0.25) is 9.59 Å². The molecule has 6 nitrogen and oxygen atoms in total. The number of halogens is 1. The van der Waals surface area contributed by atoms with Gasteiger partial charge in [0.15, 0.2) is 11.5 Å². The molecule has 0 saturated heterocycles. The van der Waals surface area contributed by atoms with Crippen molar-refractivity contribution < 1.29 is 23.5 Å². The molecule has 3 rings (SSSR count). The van der Waals surface area contributed by atoms with Crippen LogP contribution in [0.1, 0.15) is 44.2 Å². The molecule has 0 bridgehead atoms. The molecule has 0 unspecified atom stereocenters. The minimum absolute atomic E-state index is 0.125. The number of carbonyl (C=O) groups is 2. The van der Waals surface area contributed by atoms with Crippen molar-refractivity contribution in [2.24, 2.45) is 0 Å². The van der Waals surface area contributed by atoms with Crippen LogP contribution in [-0.4, -0.2) is 36.1 Å². The molecular weight excluding hydrogens is 399 g/mol. The molecule has 1 aliphatic heterocycles. The maximum atomic E-state index is 13.3. The molecule has 0 fully saturated rings. The van der Waals surface area contributed by atoms with Gasteiger partial charge in [0.25, 0.3) is 0 Å². The molecule has 0 aliphatic carbocycles. The minimum atomic E-state index is -0.583. The highest BCUT2D eigenvalue weighted by Gasteiger charge is 2.28. The zero-order valence-corrected chi connectivity index (χ0v) is 18.0. The van der Waals surface area contributed by atoms with Crippen LogP contribution in [0.15, 0.2) is 42.5 Å². The summed E-state index contributed by atoms with van der Waals surface area (Å²) in [5, 5.41) is 2.89. The van der Waals surface area contributed by atoms with Crippen LogP contribution in [0.2, 0.25) is 0 Å². The third-order valence-electron chi connectivity index (χ3n) is 5.27. The Hall–Kier alpha value is -3.09. The zero-order valence-electron chi connectivity index (χ0n) is 18.0. The van der Waals surface area contributed by atoms with Gasteiger partial charge >= 0.3 is 0 Å². The third kappa shape index (κ3) is 5.96.